The predicted octanol–water partition coefficient (Wildman–Crippen LogP) is 6.14. The van der Waals surface area contributed by atoms with E-state index in [1.807, 2.05) is 47.4 Å². The quantitative estimate of drug-likeness (QED) is 0.423. The van der Waals surface area contributed by atoms with Gasteiger partial charge >= 0.3 is 6.03 Å². The Bertz CT molecular complexity index is 1190. The van der Waals surface area contributed by atoms with Crippen LogP contribution in [0.15, 0.2) is 72.8 Å². The lowest BCUT2D eigenvalue weighted by molar-refractivity contribution is 0.141. The number of hydrogen-bond acceptors (Lipinski definition) is 3. The molecule has 194 valence electrons. The van der Waals surface area contributed by atoms with Gasteiger partial charge in [0.2, 0.25) is 0 Å². The number of methoxy groups -OCH3 is 1. The fraction of sp³-hybridized carbons (Fsp3) is 0.387. The minimum Gasteiger partial charge on any atom is -0.497 e. The molecule has 2 amide bonds. The third-order valence-electron chi connectivity index (χ3n) is 7.86. The van der Waals surface area contributed by atoms with Gasteiger partial charge in [0.25, 0.3) is 0 Å². The smallest absolute Gasteiger partial charge is 0.322 e. The highest BCUT2D eigenvalue weighted by Gasteiger charge is 2.30. The molecule has 0 aromatic heterocycles. The van der Waals surface area contributed by atoms with Crippen molar-refractivity contribution in [3.63, 3.8) is 0 Å². The van der Waals surface area contributed by atoms with Gasteiger partial charge in [0.1, 0.15) is 11.6 Å². The van der Waals surface area contributed by atoms with E-state index in [0.717, 1.165) is 63.2 Å². The van der Waals surface area contributed by atoms with Gasteiger partial charge in [-0.2, -0.15) is 0 Å². The highest BCUT2D eigenvalue weighted by molar-refractivity contribution is 5.90. The molecule has 37 heavy (non-hydrogen) atoms. The minimum absolute atomic E-state index is 0.0641. The van der Waals surface area contributed by atoms with Crippen LogP contribution in [0.2, 0.25) is 0 Å². The molecule has 0 spiro atoms. The van der Waals surface area contributed by atoms with Crippen LogP contribution in [-0.2, 0) is 19.4 Å². The van der Waals surface area contributed by atoms with E-state index in [9.17, 15) is 9.18 Å². The SMILES string of the molecule is COc1cccc(NC(=O)N2Cc3ccccc3CC2CCN2CCC(Cc3ccc(F)cc3)CC2)c1. The van der Waals surface area contributed by atoms with E-state index < -0.39 is 0 Å². The van der Waals surface area contributed by atoms with Gasteiger partial charge in [0, 0.05) is 30.9 Å². The number of benzene rings is 3. The first-order valence-electron chi connectivity index (χ1n) is 13.3. The van der Waals surface area contributed by atoms with E-state index in [0.29, 0.717) is 12.5 Å². The Morgan fingerprint density at radius 2 is 1.76 bits per heavy atom. The molecule has 2 aliphatic heterocycles. The maximum atomic E-state index is 13.4. The standard InChI is InChI=1S/C31H36FN3O2/c1-37-30-8-4-7-28(21-30)33-31(36)35-22-26-6-3-2-5-25(26)20-29(35)15-18-34-16-13-24(14-17-34)19-23-9-11-27(32)12-10-23/h2-12,21,24,29H,13-20,22H2,1H3,(H,33,36). The van der Waals surface area contributed by atoms with Crippen LogP contribution in [-0.4, -0.2) is 48.6 Å². The summed E-state index contributed by atoms with van der Waals surface area (Å²) in [6, 6.07) is 23.0. The average Bonchev–Trinajstić information content (AvgIpc) is 2.93. The number of anilines is 1. The number of halogens is 1. The van der Waals surface area contributed by atoms with Gasteiger partial charge in [-0.1, -0.05) is 42.5 Å². The third kappa shape index (κ3) is 6.50. The number of amides is 2. The number of rotatable bonds is 7. The monoisotopic (exact) mass is 501 g/mol. The van der Waals surface area contributed by atoms with Gasteiger partial charge in [0.15, 0.2) is 0 Å². The lowest BCUT2D eigenvalue weighted by Crippen LogP contribution is -2.48. The van der Waals surface area contributed by atoms with Crippen LogP contribution >= 0.6 is 0 Å². The second-order valence-electron chi connectivity index (χ2n) is 10.3. The Morgan fingerprint density at radius 3 is 2.51 bits per heavy atom. The maximum absolute atomic E-state index is 13.4. The van der Waals surface area contributed by atoms with Crippen LogP contribution in [0.3, 0.4) is 0 Å². The molecular weight excluding hydrogens is 465 g/mol. The number of likely N-dealkylation sites (tertiary alicyclic amines) is 1. The molecule has 5 nitrogen and oxygen atoms in total. The summed E-state index contributed by atoms with van der Waals surface area (Å²) >= 11 is 0. The zero-order chi connectivity index (χ0) is 25.6. The van der Waals surface area contributed by atoms with E-state index >= 15 is 0 Å². The summed E-state index contributed by atoms with van der Waals surface area (Å²) in [5.41, 5.74) is 4.53. The van der Waals surface area contributed by atoms with Crippen LogP contribution < -0.4 is 10.1 Å². The van der Waals surface area contributed by atoms with Crippen molar-refractivity contribution in [2.75, 3.05) is 32.1 Å². The van der Waals surface area contributed by atoms with Crippen LogP contribution in [0.5, 0.6) is 5.75 Å². The van der Waals surface area contributed by atoms with Crippen molar-refractivity contribution < 1.29 is 13.9 Å². The van der Waals surface area contributed by atoms with Crippen molar-refractivity contribution >= 4 is 11.7 Å². The third-order valence-corrected chi connectivity index (χ3v) is 7.86. The molecule has 1 fully saturated rings. The van der Waals surface area contributed by atoms with E-state index in [1.165, 1.54) is 16.7 Å². The lowest BCUT2D eigenvalue weighted by atomic mass is 9.89. The molecule has 1 atom stereocenters. The number of hydrogen-bond donors (Lipinski definition) is 1. The molecule has 6 heteroatoms. The van der Waals surface area contributed by atoms with Crippen molar-refractivity contribution in [1.82, 2.24) is 9.80 Å². The Kier molecular flexibility index (Phi) is 8.05. The van der Waals surface area contributed by atoms with Gasteiger partial charge in [-0.05, 0) is 92.1 Å². The van der Waals surface area contributed by atoms with E-state index in [4.69, 9.17) is 4.74 Å². The van der Waals surface area contributed by atoms with Gasteiger partial charge < -0.3 is 19.9 Å². The van der Waals surface area contributed by atoms with Crippen LogP contribution in [0, 0.1) is 11.7 Å². The summed E-state index contributed by atoms with van der Waals surface area (Å²) in [7, 11) is 1.63. The van der Waals surface area contributed by atoms with Gasteiger partial charge in [-0.25, -0.2) is 9.18 Å². The molecule has 5 rings (SSSR count). The predicted molar refractivity (Wildman–Crippen MR) is 145 cm³/mol. The summed E-state index contributed by atoms with van der Waals surface area (Å²) in [6.45, 7) is 3.76. The summed E-state index contributed by atoms with van der Waals surface area (Å²) < 4.78 is 18.5. The maximum Gasteiger partial charge on any atom is 0.322 e. The average molecular weight is 502 g/mol. The Hall–Kier alpha value is -3.38. The van der Waals surface area contributed by atoms with E-state index in [-0.39, 0.29) is 17.9 Å². The molecule has 1 saturated heterocycles. The van der Waals surface area contributed by atoms with E-state index in [2.05, 4.69) is 28.4 Å². The summed E-state index contributed by atoms with van der Waals surface area (Å²) in [5, 5.41) is 3.09. The normalized spacial score (nSPS) is 18.3. The first kappa shape index (κ1) is 25.3. The van der Waals surface area contributed by atoms with E-state index in [1.54, 1.807) is 19.2 Å². The molecule has 0 saturated carbocycles. The fourth-order valence-corrected chi connectivity index (χ4v) is 5.68. The van der Waals surface area contributed by atoms with Gasteiger partial charge in [0.05, 0.1) is 7.11 Å². The number of urea groups is 1. The van der Waals surface area contributed by atoms with Crippen molar-refractivity contribution in [1.29, 1.82) is 0 Å². The molecule has 1 unspecified atom stereocenters. The molecule has 3 aromatic rings. The first-order valence-corrected chi connectivity index (χ1v) is 13.3. The van der Waals surface area contributed by atoms with Crippen molar-refractivity contribution in [2.24, 2.45) is 5.92 Å². The molecular formula is C31H36FN3O2. The molecule has 0 radical (unpaired) electrons. The van der Waals surface area contributed by atoms with Gasteiger partial charge in [-0.15, -0.1) is 0 Å². The lowest BCUT2D eigenvalue weighted by Gasteiger charge is -2.39. The molecule has 2 heterocycles. The zero-order valence-corrected chi connectivity index (χ0v) is 21.5. The second kappa shape index (κ2) is 11.8. The fourth-order valence-electron chi connectivity index (χ4n) is 5.68. The highest BCUT2D eigenvalue weighted by atomic mass is 19.1. The zero-order valence-electron chi connectivity index (χ0n) is 21.5. The molecule has 2 aliphatic rings. The van der Waals surface area contributed by atoms with Gasteiger partial charge in [-0.3, -0.25) is 0 Å². The molecule has 1 N–H and O–H groups in total. The number of nitrogens with zero attached hydrogens (tertiary/aromatic N) is 2. The number of fused-ring (bicyclic) bond motifs is 1. The Morgan fingerprint density at radius 1 is 1.00 bits per heavy atom. The minimum atomic E-state index is -0.171. The second-order valence-corrected chi connectivity index (χ2v) is 10.3. The number of nitrogens with one attached hydrogen (secondary N) is 1. The summed E-state index contributed by atoms with van der Waals surface area (Å²) in [4.78, 5) is 18.0. The Labute approximate surface area is 219 Å². The van der Waals surface area contributed by atoms with Crippen molar-refractivity contribution in [3.8, 4) is 5.75 Å². The summed E-state index contributed by atoms with van der Waals surface area (Å²) in [6.07, 6.45) is 5.16. The summed E-state index contributed by atoms with van der Waals surface area (Å²) in [5.74, 6) is 1.20. The molecule has 0 bridgehead atoms. The largest absolute Gasteiger partial charge is 0.497 e. The number of ether oxygens (including phenoxy) is 1. The number of carbonyl (C=O) groups is 1. The van der Waals surface area contributed by atoms with Crippen molar-refractivity contribution in [3.05, 3.63) is 95.3 Å². The first-order chi connectivity index (χ1) is 18.1. The highest BCUT2D eigenvalue weighted by Crippen LogP contribution is 2.28. The molecule has 0 aliphatic carbocycles. The topological polar surface area (TPSA) is 44.8 Å². The van der Waals surface area contributed by atoms with Crippen LogP contribution in [0.1, 0.15) is 36.0 Å². The number of carbonyl (C=O) groups excluding carboxylic acids is 1. The number of piperidine rings is 1. The molecule has 3 aromatic carbocycles. The van der Waals surface area contributed by atoms with Crippen molar-refractivity contribution in [2.45, 2.75) is 44.7 Å². The van der Waals surface area contributed by atoms with Crippen LogP contribution in [0.4, 0.5) is 14.9 Å². The van der Waals surface area contributed by atoms with Crippen LogP contribution in [0.25, 0.3) is 0 Å². The Balaban J connectivity index is 1.19.